The Hall–Kier alpha value is -2.69. The highest BCUT2D eigenvalue weighted by Crippen LogP contribution is 2.33. The van der Waals surface area contributed by atoms with Crippen LogP contribution in [0.4, 0.5) is 10.5 Å². The van der Waals surface area contributed by atoms with Gasteiger partial charge in [0, 0.05) is 24.8 Å². The van der Waals surface area contributed by atoms with Gasteiger partial charge in [0.05, 0.1) is 10.9 Å². The van der Waals surface area contributed by atoms with Crippen LogP contribution < -0.4 is 10.5 Å². The summed E-state index contributed by atoms with van der Waals surface area (Å²) in [5.74, 6) is 0. The van der Waals surface area contributed by atoms with E-state index in [4.69, 9.17) is 22.1 Å². The third kappa shape index (κ3) is 4.81. The van der Waals surface area contributed by atoms with Crippen LogP contribution in [-0.2, 0) is 14.8 Å². The number of benzene rings is 2. The number of hydrogen-bond acceptors (Lipinski definition) is 5. The van der Waals surface area contributed by atoms with E-state index in [9.17, 15) is 13.2 Å². The van der Waals surface area contributed by atoms with Gasteiger partial charge < -0.3 is 15.0 Å². The second-order valence-corrected chi connectivity index (χ2v) is 9.58. The van der Waals surface area contributed by atoms with Crippen LogP contribution in [0.1, 0.15) is 24.4 Å². The fraction of sp³-hybridized carbons (Fsp3) is 0.333. The van der Waals surface area contributed by atoms with Gasteiger partial charge in [-0.15, -0.1) is 0 Å². The molecule has 8 nitrogen and oxygen atoms in total. The maximum absolute atomic E-state index is 12.4. The minimum Gasteiger partial charge on any atom is -0.447 e. The predicted molar refractivity (Wildman–Crippen MR) is 121 cm³/mol. The molecule has 0 bridgehead atoms. The summed E-state index contributed by atoms with van der Waals surface area (Å²) in [4.78, 5) is 16.4. The summed E-state index contributed by atoms with van der Waals surface area (Å²) in [7, 11) is -3.73. The van der Waals surface area contributed by atoms with Gasteiger partial charge in [0.25, 0.3) is 0 Å². The Morgan fingerprint density at radius 1 is 1.06 bits per heavy atom. The molecule has 0 radical (unpaired) electrons. The van der Waals surface area contributed by atoms with Crippen LogP contribution in [-0.4, -0.2) is 55.2 Å². The first kappa shape index (κ1) is 21.5. The lowest BCUT2D eigenvalue weighted by atomic mass is 9.99. The van der Waals surface area contributed by atoms with Gasteiger partial charge in [-0.1, -0.05) is 30.3 Å². The first-order valence-corrected chi connectivity index (χ1v) is 12.0. The largest absolute Gasteiger partial charge is 0.447 e. The summed E-state index contributed by atoms with van der Waals surface area (Å²) in [5, 5.41) is 8.82. The molecule has 2 aromatic rings. The molecule has 1 unspecified atom stereocenters. The molecule has 0 saturated carbocycles. The molecule has 4 rings (SSSR count). The van der Waals surface area contributed by atoms with Crippen LogP contribution in [0.25, 0.3) is 0 Å². The second kappa shape index (κ2) is 8.81. The smallest absolute Gasteiger partial charge is 0.410 e. The number of cyclic esters (lactones) is 1. The van der Waals surface area contributed by atoms with Crippen LogP contribution >= 0.6 is 12.2 Å². The molecule has 2 aromatic carbocycles. The van der Waals surface area contributed by atoms with Gasteiger partial charge in [-0.2, -0.15) is 0 Å². The fourth-order valence-corrected chi connectivity index (χ4v) is 4.86. The van der Waals surface area contributed by atoms with Crippen molar-refractivity contribution in [1.82, 2.24) is 9.80 Å². The Labute approximate surface area is 187 Å². The van der Waals surface area contributed by atoms with Crippen LogP contribution in [0.3, 0.4) is 0 Å². The van der Waals surface area contributed by atoms with Gasteiger partial charge in [-0.05, 0) is 54.9 Å². The highest BCUT2D eigenvalue weighted by Gasteiger charge is 2.40. The normalized spacial score (nSPS) is 19.9. The number of thiocarbonyl (C=S) groups is 1. The van der Waals surface area contributed by atoms with Crippen molar-refractivity contribution in [2.45, 2.75) is 29.8 Å². The minimum absolute atomic E-state index is 0.0512. The van der Waals surface area contributed by atoms with Gasteiger partial charge in [0.1, 0.15) is 6.61 Å². The number of carbonyl (C=O) groups excluding carboxylic acids is 1. The molecule has 164 valence electrons. The lowest BCUT2D eigenvalue weighted by molar-refractivity contribution is 0.123. The number of carbonyl (C=O) groups is 1. The molecule has 0 aromatic heterocycles. The van der Waals surface area contributed by atoms with Crippen LogP contribution in [0.5, 0.6) is 0 Å². The van der Waals surface area contributed by atoms with E-state index < -0.39 is 10.0 Å². The van der Waals surface area contributed by atoms with Crippen LogP contribution in [0.15, 0.2) is 59.5 Å². The van der Waals surface area contributed by atoms with E-state index in [0.717, 1.165) is 18.4 Å². The van der Waals surface area contributed by atoms with Crippen molar-refractivity contribution in [2.75, 3.05) is 25.0 Å². The summed E-state index contributed by atoms with van der Waals surface area (Å²) >= 11 is 5.53. The third-order valence-electron chi connectivity index (χ3n) is 5.67. The molecule has 2 heterocycles. The monoisotopic (exact) mass is 460 g/mol. The molecule has 2 aliphatic rings. The van der Waals surface area contributed by atoms with Gasteiger partial charge in [0.2, 0.25) is 10.0 Å². The van der Waals surface area contributed by atoms with Crippen LogP contribution in [0, 0.1) is 0 Å². The number of amides is 1. The first-order chi connectivity index (χ1) is 14.8. The third-order valence-corrected chi connectivity index (χ3v) is 6.96. The summed E-state index contributed by atoms with van der Waals surface area (Å²) in [5.41, 5.74) is 1.77. The molecule has 2 fully saturated rings. The van der Waals surface area contributed by atoms with E-state index in [-0.39, 0.29) is 23.1 Å². The standard InChI is InChI=1S/C21H24N4O4S2/c22-31(27,28)18-8-6-16(7-9-18)23-20(30)24-12-10-17(11-13-24)25-19(14-29-21(25)26)15-4-2-1-3-5-15/h1-9,17,19H,10-14H2,(H,23,30)(H2,22,27,28). The van der Waals surface area contributed by atoms with Gasteiger partial charge >= 0.3 is 6.09 Å². The topological polar surface area (TPSA) is 105 Å². The molecular weight excluding hydrogens is 436 g/mol. The van der Waals surface area contributed by atoms with Crippen molar-refractivity contribution in [2.24, 2.45) is 5.14 Å². The van der Waals surface area contributed by atoms with Gasteiger partial charge in [-0.25, -0.2) is 18.4 Å². The van der Waals surface area contributed by atoms with Crippen molar-refractivity contribution in [3.63, 3.8) is 0 Å². The highest BCUT2D eigenvalue weighted by atomic mass is 32.2. The van der Waals surface area contributed by atoms with Crippen molar-refractivity contribution in [3.8, 4) is 0 Å². The average Bonchev–Trinajstić information content (AvgIpc) is 3.15. The van der Waals surface area contributed by atoms with Crippen molar-refractivity contribution in [3.05, 3.63) is 60.2 Å². The number of rotatable bonds is 4. The minimum atomic E-state index is -3.73. The molecule has 31 heavy (non-hydrogen) atoms. The van der Waals surface area contributed by atoms with E-state index in [0.29, 0.717) is 30.5 Å². The van der Waals surface area contributed by atoms with Crippen LogP contribution in [0.2, 0.25) is 0 Å². The van der Waals surface area contributed by atoms with Gasteiger partial charge in [-0.3, -0.25) is 4.90 Å². The van der Waals surface area contributed by atoms with E-state index in [1.54, 1.807) is 12.1 Å². The zero-order chi connectivity index (χ0) is 22.0. The number of ether oxygens (including phenoxy) is 1. The first-order valence-electron chi connectivity index (χ1n) is 10.0. The average molecular weight is 461 g/mol. The number of nitrogens with two attached hydrogens (primary N) is 1. The molecule has 1 atom stereocenters. The molecule has 2 aliphatic heterocycles. The second-order valence-electron chi connectivity index (χ2n) is 7.63. The maximum atomic E-state index is 12.4. The number of likely N-dealkylation sites (tertiary alicyclic amines) is 1. The number of nitrogens with one attached hydrogen (secondary N) is 1. The van der Waals surface area contributed by atoms with E-state index >= 15 is 0 Å². The maximum Gasteiger partial charge on any atom is 0.410 e. The summed E-state index contributed by atoms with van der Waals surface area (Å²) in [6.45, 7) is 1.78. The number of sulfonamides is 1. The lowest BCUT2D eigenvalue weighted by Gasteiger charge is -2.38. The molecular formula is C21H24N4O4S2. The molecule has 0 spiro atoms. The van der Waals surface area contributed by atoms with Crippen molar-refractivity contribution < 1.29 is 17.9 Å². The molecule has 10 heteroatoms. The van der Waals surface area contributed by atoms with E-state index in [1.807, 2.05) is 35.2 Å². The fourth-order valence-electron chi connectivity index (χ4n) is 4.05. The quantitative estimate of drug-likeness (QED) is 0.676. The van der Waals surface area contributed by atoms with E-state index in [2.05, 4.69) is 10.2 Å². The summed E-state index contributed by atoms with van der Waals surface area (Å²) < 4.78 is 28.1. The molecule has 3 N–H and O–H groups in total. The zero-order valence-corrected chi connectivity index (χ0v) is 18.4. The Morgan fingerprint density at radius 2 is 1.71 bits per heavy atom. The van der Waals surface area contributed by atoms with E-state index in [1.165, 1.54) is 12.1 Å². The Balaban J connectivity index is 1.36. The molecule has 2 saturated heterocycles. The van der Waals surface area contributed by atoms with Crippen molar-refractivity contribution in [1.29, 1.82) is 0 Å². The molecule has 1 amide bonds. The Morgan fingerprint density at radius 3 is 2.32 bits per heavy atom. The van der Waals surface area contributed by atoms with Crippen molar-refractivity contribution >= 4 is 39.1 Å². The number of piperidine rings is 1. The number of hydrogen-bond donors (Lipinski definition) is 2. The highest BCUT2D eigenvalue weighted by molar-refractivity contribution is 7.89. The number of primary sulfonamides is 1. The lowest BCUT2D eigenvalue weighted by Crippen LogP contribution is -2.48. The molecule has 0 aliphatic carbocycles. The summed E-state index contributed by atoms with van der Waals surface area (Å²) in [6.07, 6.45) is 1.30. The summed E-state index contributed by atoms with van der Waals surface area (Å²) in [6, 6.07) is 16.1. The van der Waals surface area contributed by atoms with Gasteiger partial charge in [0.15, 0.2) is 5.11 Å². The zero-order valence-electron chi connectivity index (χ0n) is 16.8. The Bertz CT molecular complexity index is 1050. The number of nitrogens with zero attached hydrogens (tertiary/aromatic N) is 2. The SMILES string of the molecule is NS(=O)(=O)c1ccc(NC(=S)N2CCC(N3C(=O)OCC3c3ccccc3)CC2)cc1. The Kier molecular flexibility index (Phi) is 6.12. The number of anilines is 1. The predicted octanol–water partition coefficient (Wildman–Crippen LogP) is 2.69.